The van der Waals surface area contributed by atoms with Gasteiger partial charge in [0.05, 0.1) is 6.61 Å². The highest BCUT2D eigenvalue weighted by Crippen LogP contribution is 2.29. The Kier molecular flexibility index (Phi) is 8.30. The van der Waals surface area contributed by atoms with E-state index in [9.17, 15) is 0 Å². The molecule has 0 aromatic heterocycles. The molecule has 0 saturated heterocycles. The molecule has 1 radical (unpaired) electrons. The normalized spacial score (nSPS) is 11.3. The van der Waals surface area contributed by atoms with E-state index < -0.39 is 0 Å². The maximum absolute atomic E-state index is 6.00. The third-order valence-corrected chi connectivity index (χ3v) is 4.78. The molecule has 0 atom stereocenters. The first kappa shape index (κ1) is 19.8. The van der Waals surface area contributed by atoms with E-state index in [0.717, 1.165) is 49.9 Å². The number of hydrogen-bond acceptors (Lipinski definition) is 2. The average molecular weight is 359 g/mol. The molecule has 3 heteroatoms. The summed E-state index contributed by atoms with van der Waals surface area (Å²) in [5, 5.41) is 0.771. The van der Waals surface area contributed by atoms with Gasteiger partial charge in [0.25, 0.3) is 0 Å². The minimum absolute atomic E-state index is 0.761. The van der Waals surface area contributed by atoms with Crippen LogP contribution in [0.25, 0.3) is 0 Å². The predicted molar refractivity (Wildman–Crippen MR) is 108 cm³/mol. The second-order valence-electron chi connectivity index (χ2n) is 6.09. The van der Waals surface area contributed by atoms with Crippen molar-refractivity contribution in [3.8, 4) is 5.75 Å². The van der Waals surface area contributed by atoms with Crippen molar-refractivity contribution in [2.24, 2.45) is 0 Å². The predicted octanol–water partition coefficient (Wildman–Crippen LogP) is 5.83. The summed E-state index contributed by atoms with van der Waals surface area (Å²) in [5.74, 6) is 2.26. The van der Waals surface area contributed by atoms with Crippen molar-refractivity contribution in [2.75, 3.05) is 26.2 Å². The van der Waals surface area contributed by atoms with E-state index in [1.54, 1.807) is 0 Å². The number of halogens is 1. The highest BCUT2D eigenvalue weighted by atomic mass is 35.5. The van der Waals surface area contributed by atoms with Gasteiger partial charge in [-0.25, -0.2) is 0 Å². The number of ether oxygens (including phenoxy) is 1. The zero-order chi connectivity index (χ0) is 18.1. The minimum atomic E-state index is 0.761. The molecule has 2 aromatic rings. The van der Waals surface area contributed by atoms with Gasteiger partial charge in [-0.1, -0.05) is 56.6 Å². The molecule has 0 aliphatic heterocycles. The van der Waals surface area contributed by atoms with Crippen LogP contribution in [0.2, 0.25) is 5.02 Å². The highest BCUT2D eigenvalue weighted by Gasteiger charge is 2.13. The van der Waals surface area contributed by atoms with E-state index in [1.165, 1.54) is 17.0 Å². The summed E-state index contributed by atoms with van der Waals surface area (Å²) < 4.78 is 5.88. The molecule has 0 aliphatic rings. The Hall–Kier alpha value is -1.51. The first-order valence-corrected chi connectivity index (χ1v) is 9.63. The van der Waals surface area contributed by atoms with Crippen molar-refractivity contribution < 1.29 is 4.74 Å². The van der Waals surface area contributed by atoms with Crippen LogP contribution in [0.5, 0.6) is 5.75 Å². The van der Waals surface area contributed by atoms with Crippen molar-refractivity contribution >= 4 is 11.6 Å². The van der Waals surface area contributed by atoms with Crippen LogP contribution in [-0.4, -0.2) is 31.1 Å². The molecular weight excluding hydrogens is 330 g/mol. The number of nitrogens with zero attached hydrogens (tertiary/aromatic N) is 1. The van der Waals surface area contributed by atoms with Gasteiger partial charge in [0.15, 0.2) is 0 Å². The van der Waals surface area contributed by atoms with E-state index in [2.05, 4.69) is 62.1 Å². The molecule has 0 saturated carbocycles. The summed E-state index contributed by atoms with van der Waals surface area (Å²) in [6.45, 7) is 10.6. The molecule has 0 spiro atoms. The zero-order valence-electron chi connectivity index (χ0n) is 15.6. The van der Waals surface area contributed by atoms with Crippen LogP contribution in [0.15, 0.2) is 48.5 Å². The van der Waals surface area contributed by atoms with E-state index in [0.29, 0.717) is 0 Å². The molecule has 0 bridgehead atoms. The second kappa shape index (κ2) is 10.5. The van der Waals surface area contributed by atoms with Gasteiger partial charge in [-0.15, -0.1) is 0 Å². The Morgan fingerprint density at radius 3 is 1.96 bits per heavy atom. The molecule has 25 heavy (non-hydrogen) atoms. The molecule has 0 heterocycles. The van der Waals surface area contributed by atoms with Gasteiger partial charge >= 0.3 is 0 Å². The number of rotatable bonds is 10. The molecule has 2 rings (SSSR count). The summed E-state index contributed by atoms with van der Waals surface area (Å²) in [5.41, 5.74) is 2.46. The lowest BCUT2D eigenvalue weighted by Gasteiger charge is -2.18. The van der Waals surface area contributed by atoms with Crippen LogP contribution in [0, 0.1) is 5.92 Å². The number of benzene rings is 2. The third-order valence-electron chi connectivity index (χ3n) is 4.53. The summed E-state index contributed by atoms with van der Waals surface area (Å²) in [7, 11) is 0. The third kappa shape index (κ3) is 6.05. The molecule has 0 N–H and O–H groups in total. The van der Waals surface area contributed by atoms with Gasteiger partial charge in [0, 0.05) is 17.5 Å². The SMILES string of the molecule is CC[C](c1ccc(Cl)cc1)c1ccc(OCCCN(CC)CC)cc1. The van der Waals surface area contributed by atoms with Gasteiger partial charge in [-0.2, -0.15) is 0 Å². The molecule has 135 valence electrons. The maximum Gasteiger partial charge on any atom is 0.119 e. The summed E-state index contributed by atoms with van der Waals surface area (Å²) in [6.07, 6.45) is 2.03. The van der Waals surface area contributed by atoms with Crippen molar-refractivity contribution in [2.45, 2.75) is 33.6 Å². The molecule has 0 amide bonds. The molecule has 2 aromatic carbocycles. The van der Waals surface area contributed by atoms with Crippen LogP contribution >= 0.6 is 11.6 Å². The molecular formula is C22H29ClNO. The van der Waals surface area contributed by atoms with Crippen LogP contribution in [0.4, 0.5) is 0 Å². The molecule has 0 aliphatic carbocycles. The Bertz CT molecular complexity index is 605. The monoisotopic (exact) mass is 358 g/mol. The molecule has 0 unspecified atom stereocenters. The Morgan fingerprint density at radius 1 is 0.880 bits per heavy atom. The summed E-state index contributed by atoms with van der Waals surface area (Å²) >= 11 is 6.00. The van der Waals surface area contributed by atoms with Gasteiger partial charge < -0.3 is 9.64 Å². The number of hydrogen-bond donors (Lipinski definition) is 0. The van der Waals surface area contributed by atoms with Gasteiger partial charge in [-0.05, 0) is 61.3 Å². The fraction of sp³-hybridized carbons (Fsp3) is 0.409. The average Bonchev–Trinajstić information content (AvgIpc) is 2.65. The van der Waals surface area contributed by atoms with Crippen molar-refractivity contribution in [3.63, 3.8) is 0 Å². The van der Waals surface area contributed by atoms with E-state index in [4.69, 9.17) is 16.3 Å². The Balaban J connectivity index is 1.91. The quantitative estimate of drug-likeness (QED) is 0.495. The largest absolute Gasteiger partial charge is 0.494 e. The van der Waals surface area contributed by atoms with E-state index in [-0.39, 0.29) is 0 Å². The van der Waals surface area contributed by atoms with Crippen LogP contribution in [-0.2, 0) is 0 Å². The summed E-state index contributed by atoms with van der Waals surface area (Å²) in [6, 6.07) is 16.5. The smallest absolute Gasteiger partial charge is 0.119 e. The van der Waals surface area contributed by atoms with Crippen LogP contribution < -0.4 is 4.74 Å². The lowest BCUT2D eigenvalue weighted by atomic mass is 9.89. The van der Waals surface area contributed by atoms with Crippen LogP contribution in [0.1, 0.15) is 44.7 Å². The van der Waals surface area contributed by atoms with Gasteiger partial charge in [0.2, 0.25) is 0 Å². The van der Waals surface area contributed by atoms with Gasteiger partial charge in [0.1, 0.15) is 5.75 Å². The fourth-order valence-corrected chi connectivity index (χ4v) is 3.12. The van der Waals surface area contributed by atoms with E-state index in [1.807, 2.05) is 12.1 Å². The van der Waals surface area contributed by atoms with Gasteiger partial charge in [-0.3, -0.25) is 0 Å². The van der Waals surface area contributed by atoms with Crippen molar-refractivity contribution in [3.05, 3.63) is 70.6 Å². The Morgan fingerprint density at radius 2 is 1.44 bits per heavy atom. The topological polar surface area (TPSA) is 12.5 Å². The van der Waals surface area contributed by atoms with Crippen LogP contribution in [0.3, 0.4) is 0 Å². The first-order valence-electron chi connectivity index (χ1n) is 9.25. The van der Waals surface area contributed by atoms with E-state index >= 15 is 0 Å². The molecule has 0 fully saturated rings. The standard InChI is InChI=1S/C22H29ClNO/c1-4-22(18-8-12-20(23)13-9-18)19-10-14-21(15-11-19)25-17-7-16-24(5-2)6-3/h8-15H,4-7,16-17H2,1-3H3. The fourth-order valence-electron chi connectivity index (χ4n) is 3.00. The second-order valence-corrected chi connectivity index (χ2v) is 6.53. The highest BCUT2D eigenvalue weighted by molar-refractivity contribution is 6.30. The summed E-state index contributed by atoms with van der Waals surface area (Å²) in [4.78, 5) is 2.42. The maximum atomic E-state index is 6.00. The van der Waals surface area contributed by atoms with Crippen molar-refractivity contribution in [1.82, 2.24) is 4.90 Å². The zero-order valence-corrected chi connectivity index (χ0v) is 16.4. The first-order chi connectivity index (χ1) is 12.2. The Labute approximate surface area is 157 Å². The minimum Gasteiger partial charge on any atom is -0.494 e. The van der Waals surface area contributed by atoms with Crippen molar-refractivity contribution in [1.29, 1.82) is 0 Å². The lowest BCUT2D eigenvalue weighted by molar-refractivity contribution is 0.249. The molecule has 2 nitrogen and oxygen atoms in total. The lowest BCUT2D eigenvalue weighted by Crippen LogP contribution is -2.25.